The van der Waals surface area contributed by atoms with Gasteiger partial charge in [0.15, 0.2) is 0 Å². The topological polar surface area (TPSA) is 198 Å². The van der Waals surface area contributed by atoms with Gasteiger partial charge in [0.05, 0.1) is 62.6 Å². The zero-order valence-corrected chi connectivity index (χ0v) is 38.0. The maximum atomic E-state index is 14.1. The van der Waals surface area contributed by atoms with Crippen molar-refractivity contribution in [3.8, 4) is 39.7 Å². The van der Waals surface area contributed by atoms with E-state index in [2.05, 4.69) is 81.3 Å². The number of aromatic nitrogens is 4. The van der Waals surface area contributed by atoms with Crippen molar-refractivity contribution >= 4 is 34.8 Å². The number of hydrogen-bond donors (Lipinski definition) is 4. The Morgan fingerprint density at radius 1 is 0.875 bits per heavy atom. The standard InChI is InChI=1S/C49H59N9O6/c1-9-38(57(22-10-21-50)45(60)41(48(4,5)6)56-47(62)64-8)42-51-27-37(54-42)35-18-17-33-23-32(15-16-34(33)24-35)30-11-13-31(14-12-30)36-26-52-43(53-36)39-25-49(19-20-49)28-58(39)44(59)40(29(2)3)55-46(61)63-7/h11-18,23-24,26-27,29,38-41H,9-10,19-20,22,25,28H2,1-8H3,(H,51,54)(H,52,53)(H,55,61)(H,56,62)/t38-,39-,40-,41+/m0/s1. The number of methoxy groups -OCH3 is 2. The van der Waals surface area contributed by atoms with E-state index in [0.717, 1.165) is 69.5 Å². The number of fused-ring (bicyclic) bond motifs is 1. The number of ether oxygens (including phenoxy) is 2. The van der Waals surface area contributed by atoms with Crippen LogP contribution in [0.5, 0.6) is 0 Å². The lowest BCUT2D eigenvalue weighted by atomic mass is 9.85. The van der Waals surface area contributed by atoms with E-state index in [-0.39, 0.29) is 42.2 Å². The molecule has 0 bridgehead atoms. The van der Waals surface area contributed by atoms with Crippen molar-refractivity contribution in [1.29, 1.82) is 5.26 Å². The molecular weight excluding hydrogens is 811 g/mol. The summed E-state index contributed by atoms with van der Waals surface area (Å²) in [6.45, 7) is 12.2. The molecule has 0 radical (unpaired) electrons. The van der Waals surface area contributed by atoms with Crippen molar-refractivity contribution in [2.75, 3.05) is 27.3 Å². The van der Waals surface area contributed by atoms with Crippen LogP contribution in [0.1, 0.15) is 97.4 Å². The summed E-state index contributed by atoms with van der Waals surface area (Å²) >= 11 is 0. The van der Waals surface area contributed by atoms with E-state index in [0.29, 0.717) is 18.8 Å². The van der Waals surface area contributed by atoms with Crippen LogP contribution in [0.4, 0.5) is 9.59 Å². The van der Waals surface area contributed by atoms with Gasteiger partial charge in [-0.3, -0.25) is 9.59 Å². The number of likely N-dealkylation sites (tertiary alicyclic amines) is 1. The van der Waals surface area contributed by atoms with Crippen LogP contribution in [0.25, 0.3) is 44.4 Å². The lowest BCUT2D eigenvalue weighted by molar-refractivity contribution is -0.139. The Morgan fingerprint density at radius 2 is 1.47 bits per heavy atom. The van der Waals surface area contributed by atoms with Crippen molar-refractivity contribution in [1.82, 2.24) is 40.4 Å². The maximum Gasteiger partial charge on any atom is 0.407 e. The monoisotopic (exact) mass is 869 g/mol. The Kier molecular flexibility index (Phi) is 13.2. The van der Waals surface area contributed by atoms with E-state index in [4.69, 9.17) is 19.4 Å². The van der Waals surface area contributed by atoms with Crippen LogP contribution in [-0.4, -0.2) is 93.1 Å². The zero-order chi connectivity index (χ0) is 45.9. The number of benzene rings is 3. The van der Waals surface area contributed by atoms with Crippen molar-refractivity contribution in [3.63, 3.8) is 0 Å². The van der Waals surface area contributed by atoms with Crippen LogP contribution < -0.4 is 10.6 Å². The minimum atomic E-state index is -0.888. The average molecular weight is 870 g/mol. The Morgan fingerprint density at radius 3 is 2.08 bits per heavy atom. The first kappa shape index (κ1) is 45.3. The minimum absolute atomic E-state index is 0.110. The number of amides is 4. The molecule has 2 aliphatic rings. The van der Waals surface area contributed by atoms with Crippen molar-refractivity contribution in [2.45, 2.75) is 97.8 Å². The number of carbonyl (C=O) groups excluding carboxylic acids is 4. The fourth-order valence-corrected chi connectivity index (χ4v) is 8.83. The summed E-state index contributed by atoms with van der Waals surface area (Å²) in [5.41, 5.74) is 5.18. The number of rotatable bonds is 14. The van der Waals surface area contributed by atoms with Crippen LogP contribution in [0, 0.1) is 28.1 Å². The SMILES string of the molecule is CC[C@@H](c1ncc(-c2ccc3cc(-c4ccc(-c5cnc([C@@H]6CC7(CC7)CN6C(=O)[C@@H](NC(=O)OC)C(C)C)[nH]5)cc4)ccc3c2)[nH]1)N(CCC#N)C(=O)[C@@H](NC(=O)OC)C(C)(C)C. The second kappa shape index (κ2) is 18.6. The first-order valence-electron chi connectivity index (χ1n) is 22.0. The quantitative estimate of drug-likeness (QED) is 0.0843. The normalized spacial score (nSPS) is 16.8. The molecule has 2 aromatic heterocycles. The predicted octanol–water partition coefficient (Wildman–Crippen LogP) is 8.69. The number of nitrogens with zero attached hydrogens (tertiary/aromatic N) is 5. The third-order valence-electron chi connectivity index (χ3n) is 12.7. The number of alkyl carbamates (subject to hydrolysis) is 2. The molecule has 4 amide bonds. The molecule has 15 heteroatoms. The first-order chi connectivity index (χ1) is 30.6. The highest BCUT2D eigenvalue weighted by molar-refractivity contribution is 5.91. The molecule has 64 heavy (non-hydrogen) atoms. The number of nitrogens with one attached hydrogen (secondary N) is 4. The molecule has 4 N–H and O–H groups in total. The molecule has 15 nitrogen and oxygen atoms in total. The molecule has 336 valence electrons. The average Bonchev–Trinajstić information content (AvgIpc) is 3.61. The van der Waals surface area contributed by atoms with Gasteiger partial charge in [-0.2, -0.15) is 5.26 Å². The molecule has 3 heterocycles. The van der Waals surface area contributed by atoms with E-state index in [1.165, 1.54) is 14.2 Å². The fourth-order valence-electron chi connectivity index (χ4n) is 8.83. The summed E-state index contributed by atoms with van der Waals surface area (Å²) < 4.78 is 9.64. The van der Waals surface area contributed by atoms with Crippen molar-refractivity contribution in [2.24, 2.45) is 16.7 Å². The highest BCUT2D eigenvalue weighted by Gasteiger charge is 2.55. The molecule has 1 saturated heterocycles. The summed E-state index contributed by atoms with van der Waals surface area (Å²) in [5, 5.41) is 17.0. The molecule has 1 aliphatic heterocycles. The smallest absolute Gasteiger partial charge is 0.407 e. The second-order valence-corrected chi connectivity index (χ2v) is 18.6. The van der Waals surface area contributed by atoms with Gasteiger partial charge in [0.1, 0.15) is 23.7 Å². The Bertz CT molecular complexity index is 2540. The highest BCUT2D eigenvalue weighted by Crippen LogP contribution is 2.58. The van der Waals surface area contributed by atoms with Crippen molar-refractivity contribution in [3.05, 3.63) is 84.7 Å². The van der Waals surface area contributed by atoms with E-state index in [9.17, 15) is 24.4 Å². The molecular formula is C49H59N9O6. The molecule has 3 aromatic carbocycles. The third kappa shape index (κ3) is 9.61. The van der Waals surface area contributed by atoms with Crippen LogP contribution in [0.2, 0.25) is 0 Å². The van der Waals surface area contributed by atoms with Crippen LogP contribution >= 0.6 is 0 Å². The maximum absolute atomic E-state index is 14.1. The van der Waals surface area contributed by atoms with Gasteiger partial charge in [-0.25, -0.2) is 19.6 Å². The molecule has 1 aliphatic carbocycles. The lowest BCUT2D eigenvalue weighted by Gasteiger charge is -2.37. The van der Waals surface area contributed by atoms with Gasteiger partial charge in [-0.1, -0.05) is 90.1 Å². The molecule has 7 rings (SSSR count). The van der Waals surface area contributed by atoms with Gasteiger partial charge < -0.3 is 39.9 Å². The third-order valence-corrected chi connectivity index (χ3v) is 12.7. The largest absolute Gasteiger partial charge is 0.453 e. The number of aromatic amines is 2. The lowest BCUT2D eigenvalue weighted by Crippen LogP contribution is -2.55. The minimum Gasteiger partial charge on any atom is -0.453 e. The van der Waals surface area contributed by atoms with Gasteiger partial charge in [-0.05, 0) is 82.0 Å². The summed E-state index contributed by atoms with van der Waals surface area (Å²) in [4.78, 5) is 72.4. The van der Waals surface area contributed by atoms with Gasteiger partial charge in [0, 0.05) is 18.7 Å². The van der Waals surface area contributed by atoms with E-state index in [1.807, 2.05) is 58.7 Å². The summed E-state index contributed by atoms with van der Waals surface area (Å²) in [6.07, 6.45) is 5.91. The number of H-pyrrole nitrogens is 2. The molecule has 2 fully saturated rings. The van der Waals surface area contributed by atoms with E-state index >= 15 is 0 Å². The second-order valence-electron chi connectivity index (χ2n) is 18.6. The van der Waals surface area contributed by atoms with Gasteiger partial charge >= 0.3 is 12.2 Å². The fraction of sp³-hybridized carbons (Fsp3) is 0.449. The summed E-state index contributed by atoms with van der Waals surface area (Å²) in [6, 6.07) is 20.8. The number of nitriles is 1. The Balaban J connectivity index is 1.06. The van der Waals surface area contributed by atoms with Gasteiger partial charge in [0.25, 0.3) is 0 Å². The number of carbonyl (C=O) groups is 4. The predicted molar refractivity (Wildman–Crippen MR) is 243 cm³/mol. The van der Waals surface area contributed by atoms with Crippen LogP contribution in [0.3, 0.4) is 0 Å². The Labute approximate surface area is 374 Å². The van der Waals surface area contributed by atoms with Crippen LogP contribution in [0.15, 0.2) is 73.1 Å². The van der Waals surface area contributed by atoms with Gasteiger partial charge in [-0.15, -0.1) is 0 Å². The Hall–Kier alpha value is -6.69. The molecule has 1 spiro atoms. The summed E-state index contributed by atoms with van der Waals surface area (Å²) in [5.74, 6) is 0.787. The number of hydrogen-bond acceptors (Lipinski definition) is 9. The van der Waals surface area contributed by atoms with E-state index < -0.39 is 35.7 Å². The molecule has 5 aromatic rings. The number of imidazole rings is 2. The molecule has 1 saturated carbocycles. The van der Waals surface area contributed by atoms with Gasteiger partial charge in [0.2, 0.25) is 11.8 Å². The summed E-state index contributed by atoms with van der Waals surface area (Å²) in [7, 11) is 2.56. The first-order valence-corrected chi connectivity index (χ1v) is 22.0. The van der Waals surface area contributed by atoms with E-state index in [1.54, 1.807) is 11.1 Å². The molecule has 0 unspecified atom stereocenters. The molecule has 4 atom stereocenters. The van der Waals surface area contributed by atoms with Crippen molar-refractivity contribution < 1.29 is 28.7 Å². The highest BCUT2D eigenvalue weighted by atomic mass is 16.5. The zero-order valence-electron chi connectivity index (χ0n) is 38.0. The van der Waals surface area contributed by atoms with Crippen LogP contribution in [-0.2, 0) is 19.1 Å².